The lowest BCUT2D eigenvalue weighted by Gasteiger charge is -2.15. The van der Waals surface area contributed by atoms with Crippen LogP contribution in [0.25, 0.3) is 0 Å². The number of nitrogens with one attached hydrogen (secondary N) is 1. The SMILES string of the molecule is C#CCNC(CN)c1cncc(Br)c1. The van der Waals surface area contributed by atoms with Crippen LogP contribution in [0.15, 0.2) is 22.9 Å². The van der Waals surface area contributed by atoms with E-state index in [-0.39, 0.29) is 6.04 Å². The van der Waals surface area contributed by atoms with Crippen molar-refractivity contribution in [3.63, 3.8) is 0 Å². The average Bonchev–Trinajstić information content (AvgIpc) is 2.19. The van der Waals surface area contributed by atoms with E-state index in [1.807, 2.05) is 6.07 Å². The van der Waals surface area contributed by atoms with Gasteiger partial charge < -0.3 is 5.73 Å². The summed E-state index contributed by atoms with van der Waals surface area (Å²) < 4.78 is 0.941. The molecule has 0 aliphatic carbocycles. The molecule has 0 fully saturated rings. The number of halogens is 1. The first-order valence-electron chi connectivity index (χ1n) is 4.25. The highest BCUT2D eigenvalue weighted by Crippen LogP contribution is 2.15. The summed E-state index contributed by atoms with van der Waals surface area (Å²) in [4.78, 5) is 4.07. The summed E-state index contributed by atoms with van der Waals surface area (Å²) in [6.07, 6.45) is 8.68. The molecule has 0 aromatic carbocycles. The molecule has 1 heterocycles. The lowest BCUT2D eigenvalue weighted by atomic mass is 10.1. The normalized spacial score (nSPS) is 12.1. The van der Waals surface area contributed by atoms with Crippen LogP contribution >= 0.6 is 15.9 Å². The van der Waals surface area contributed by atoms with Crippen molar-refractivity contribution in [3.05, 3.63) is 28.5 Å². The van der Waals surface area contributed by atoms with Gasteiger partial charge in [-0.05, 0) is 27.6 Å². The number of pyridine rings is 1. The molecular weight excluding hydrogens is 242 g/mol. The average molecular weight is 254 g/mol. The van der Waals surface area contributed by atoms with E-state index in [1.165, 1.54) is 0 Å². The standard InChI is InChI=1S/C10H12BrN3/c1-2-3-14-10(5-12)8-4-9(11)7-13-6-8/h1,4,6-7,10,14H,3,5,12H2. The van der Waals surface area contributed by atoms with Crippen LogP contribution in [0.3, 0.4) is 0 Å². The van der Waals surface area contributed by atoms with Gasteiger partial charge in [0.05, 0.1) is 6.54 Å². The fraction of sp³-hybridized carbons (Fsp3) is 0.300. The molecule has 1 aromatic heterocycles. The molecule has 1 aromatic rings. The predicted octanol–water partition coefficient (Wildman–Crippen LogP) is 1.07. The zero-order valence-electron chi connectivity index (χ0n) is 7.70. The Labute approximate surface area is 92.2 Å². The highest BCUT2D eigenvalue weighted by molar-refractivity contribution is 9.10. The van der Waals surface area contributed by atoms with Gasteiger partial charge in [-0.15, -0.1) is 6.42 Å². The van der Waals surface area contributed by atoms with Crippen LogP contribution in [0.5, 0.6) is 0 Å². The highest BCUT2D eigenvalue weighted by atomic mass is 79.9. The van der Waals surface area contributed by atoms with Gasteiger partial charge in [-0.1, -0.05) is 5.92 Å². The summed E-state index contributed by atoms with van der Waals surface area (Å²) in [6.45, 7) is 1.01. The van der Waals surface area contributed by atoms with Crippen LogP contribution in [-0.2, 0) is 0 Å². The van der Waals surface area contributed by atoms with Crippen molar-refractivity contribution in [3.8, 4) is 12.3 Å². The van der Waals surface area contributed by atoms with Crippen molar-refractivity contribution in [1.82, 2.24) is 10.3 Å². The first-order chi connectivity index (χ1) is 6.77. The molecule has 3 N–H and O–H groups in total. The topological polar surface area (TPSA) is 50.9 Å². The van der Waals surface area contributed by atoms with Gasteiger partial charge in [0.15, 0.2) is 0 Å². The zero-order chi connectivity index (χ0) is 10.4. The van der Waals surface area contributed by atoms with Crippen LogP contribution in [0.1, 0.15) is 11.6 Å². The Morgan fingerprint density at radius 2 is 2.43 bits per heavy atom. The predicted molar refractivity (Wildman–Crippen MR) is 60.6 cm³/mol. The largest absolute Gasteiger partial charge is 0.329 e. The van der Waals surface area contributed by atoms with Gasteiger partial charge in [-0.2, -0.15) is 0 Å². The monoisotopic (exact) mass is 253 g/mol. The number of aromatic nitrogens is 1. The second kappa shape index (κ2) is 5.76. The molecule has 0 saturated heterocycles. The second-order valence-electron chi connectivity index (χ2n) is 2.81. The Bertz CT molecular complexity index is 332. The molecule has 74 valence electrons. The highest BCUT2D eigenvalue weighted by Gasteiger charge is 2.08. The third-order valence-electron chi connectivity index (χ3n) is 1.81. The number of nitrogens with zero attached hydrogens (tertiary/aromatic N) is 1. The summed E-state index contributed by atoms with van der Waals surface area (Å²) in [6, 6.07) is 2.05. The van der Waals surface area contributed by atoms with Gasteiger partial charge in [0.25, 0.3) is 0 Å². The lowest BCUT2D eigenvalue weighted by molar-refractivity contribution is 0.580. The lowest BCUT2D eigenvalue weighted by Crippen LogP contribution is -2.28. The minimum absolute atomic E-state index is 0.0658. The maximum absolute atomic E-state index is 5.62. The third kappa shape index (κ3) is 3.11. The van der Waals surface area contributed by atoms with Gasteiger partial charge in [0.1, 0.15) is 0 Å². The van der Waals surface area contributed by atoms with Gasteiger partial charge in [0, 0.05) is 29.5 Å². The molecule has 0 aliphatic heterocycles. The molecule has 0 bridgehead atoms. The van der Waals surface area contributed by atoms with E-state index in [2.05, 4.69) is 32.2 Å². The Morgan fingerprint density at radius 1 is 1.64 bits per heavy atom. The van der Waals surface area contributed by atoms with E-state index in [1.54, 1.807) is 12.4 Å². The van der Waals surface area contributed by atoms with Crippen molar-refractivity contribution < 1.29 is 0 Å². The first kappa shape index (κ1) is 11.2. The number of hydrogen-bond acceptors (Lipinski definition) is 3. The van der Waals surface area contributed by atoms with Crippen LogP contribution in [0.2, 0.25) is 0 Å². The number of rotatable bonds is 4. The molecular formula is C10H12BrN3. The van der Waals surface area contributed by atoms with Crippen molar-refractivity contribution in [2.75, 3.05) is 13.1 Å². The fourth-order valence-corrected chi connectivity index (χ4v) is 1.52. The quantitative estimate of drug-likeness (QED) is 0.790. The molecule has 0 spiro atoms. The molecule has 1 rings (SSSR count). The second-order valence-corrected chi connectivity index (χ2v) is 3.73. The summed E-state index contributed by atoms with van der Waals surface area (Å²) in [5.74, 6) is 2.52. The fourth-order valence-electron chi connectivity index (χ4n) is 1.14. The van der Waals surface area contributed by atoms with E-state index < -0.39 is 0 Å². The maximum atomic E-state index is 5.62. The van der Waals surface area contributed by atoms with Crippen molar-refractivity contribution >= 4 is 15.9 Å². The minimum Gasteiger partial charge on any atom is -0.329 e. The van der Waals surface area contributed by atoms with Gasteiger partial charge in [0.2, 0.25) is 0 Å². The van der Waals surface area contributed by atoms with Crippen LogP contribution in [0, 0.1) is 12.3 Å². The van der Waals surface area contributed by atoms with Crippen molar-refractivity contribution in [2.24, 2.45) is 5.73 Å². The zero-order valence-corrected chi connectivity index (χ0v) is 9.29. The molecule has 0 aliphatic rings. The molecule has 3 nitrogen and oxygen atoms in total. The minimum atomic E-state index is 0.0658. The van der Waals surface area contributed by atoms with Crippen LogP contribution in [0.4, 0.5) is 0 Å². The van der Waals surface area contributed by atoms with E-state index in [0.29, 0.717) is 13.1 Å². The molecule has 1 unspecified atom stereocenters. The summed E-state index contributed by atoms with van der Waals surface area (Å²) >= 11 is 3.36. The third-order valence-corrected chi connectivity index (χ3v) is 2.25. The van der Waals surface area contributed by atoms with E-state index in [0.717, 1.165) is 10.0 Å². The van der Waals surface area contributed by atoms with Gasteiger partial charge in [-0.3, -0.25) is 10.3 Å². The molecule has 0 amide bonds. The Hall–Kier alpha value is -0.890. The molecule has 4 heteroatoms. The smallest absolute Gasteiger partial charge is 0.0578 e. The molecule has 14 heavy (non-hydrogen) atoms. The number of hydrogen-bond donors (Lipinski definition) is 2. The van der Waals surface area contributed by atoms with Crippen LogP contribution in [-0.4, -0.2) is 18.1 Å². The van der Waals surface area contributed by atoms with E-state index in [9.17, 15) is 0 Å². The number of terminal acetylenes is 1. The van der Waals surface area contributed by atoms with E-state index in [4.69, 9.17) is 12.2 Å². The van der Waals surface area contributed by atoms with Crippen molar-refractivity contribution in [1.29, 1.82) is 0 Å². The Morgan fingerprint density at radius 3 is 3.00 bits per heavy atom. The first-order valence-corrected chi connectivity index (χ1v) is 5.04. The van der Waals surface area contributed by atoms with E-state index >= 15 is 0 Å². The molecule has 0 radical (unpaired) electrons. The van der Waals surface area contributed by atoms with Gasteiger partial charge >= 0.3 is 0 Å². The van der Waals surface area contributed by atoms with Gasteiger partial charge in [-0.25, -0.2) is 0 Å². The summed E-state index contributed by atoms with van der Waals surface area (Å²) in [5, 5.41) is 3.14. The Kier molecular flexibility index (Phi) is 4.60. The molecule has 1 atom stereocenters. The Balaban J connectivity index is 2.74. The molecule has 0 saturated carbocycles. The number of nitrogens with two attached hydrogens (primary N) is 1. The summed E-state index contributed by atoms with van der Waals surface area (Å²) in [7, 11) is 0. The van der Waals surface area contributed by atoms with Crippen molar-refractivity contribution in [2.45, 2.75) is 6.04 Å². The maximum Gasteiger partial charge on any atom is 0.0578 e. The van der Waals surface area contributed by atoms with Crippen LogP contribution < -0.4 is 11.1 Å². The summed E-state index contributed by atoms with van der Waals surface area (Å²) in [5.41, 5.74) is 6.66.